The molecular formula is C27H40N2O6S. The van der Waals surface area contributed by atoms with Crippen molar-refractivity contribution in [2.45, 2.75) is 52.5 Å². The number of methoxy groups -OCH3 is 2. The van der Waals surface area contributed by atoms with E-state index in [2.05, 4.69) is 4.90 Å². The Balaban J connectivity index is 2.48. The first kappa shape index (κ1) is 29.5. The smallest absolute Gasteiger partial charge is 0.339 e. The zero-order valence-electron chi connectivity index (χ0n) is 22.5. The highest BCUT2D eigenvalue weighted by Gasteiger charge is 2.25. The molecule has 1 amide bonds. The lowest BCUT2D eigenvalue weighted by molar-refractivity contribution is -0.134. The predicted molar refractivity (Wildman–Crippen MR) is 142 cm³/mol. The minimum absolute atomic E-state index is 0.0162. The van der Waals surface area contributed by atoms with Gasteiger partial charge in [-0.15, -0.1) is 0 Å². The average Bonchev–Trinajstić information content (AvgIpc) is 2.82. The van der Waals surface area contributed by atoms with Crippen molar-refractivity contribution in [3.05, 3.63) is 48.0 Å². The number of benzene rings is 2. The Morgan fingerprint density at radius 3 is 2.14 bits per heavy atom. The fraction of sp³-hybridized carbons (Fsp3) is 0.519. The largest absolute Gasteiger partial charge is 0.497 e. The van der Waals surface area contributed by atoms with Crippen LogP contribution in [0.3, 0.4) is 0 Å². The van der Waals surface area contributed by atoms with Gasteiger partial charge in [-0.1, -0.05) is 26.8 Å². The average molecular weight is 521 g/mol. The summed E-state index contributed by atoms with van der Waals surface area (Å²) >= 11 is 0. The van der Waals surface area contributed by atoms with Crippen LogP contribution < -0.4 is 13.8 Å². The maximum atomic E-state index is 13.2. The quantitative estimate of drug-likeness (QED) is 0.353. The standard InChI is InChI=1S/C27H40N2O6S/c1-8-28(9-2)22-11-10-21(20-29(16-17-33-6)26(30)19-27(3,4)5)25(18-22)35-36(31,32)24-14-12-23(34-7)13-15-24/h10-15,18H,8-9,16-17,19-20H2,1-7H3. The van der Waals surface area contributed by atoms with Gasteiger partial charge in [0.05, 0.1) is 13.7 Å². The van der Waals surface area contributed by atoms with Gasteiger partial charge in [0, 0.05) is 57.0 Å². The first-order valence-electron chi connectivity index (χ1n) is 12.2. The van der Waals surface area contributed by atoms with E-state index in [-0.39, 0.29) is 28.5 Å². The predicted octanol–water partition coefficient (Wildman–Crippen LogP) is 4.72. The van der Waals surface area contributed by atoms with Crippen molar-refractivity contribution in [3.63, 3.8) is 0 Å². The van der Waals surface area contributed by atoms with Crippen LogP contribution >= 0.6 is 0 Å². The van der Waals surface area contributed by atoms with Gasteiger partial charge in [-0.05, 0) is 49.6 Å². The number of nitrogens with zero attached hydrogens (tertiary/aromatic N) is 2. The third-order valence-corrected chi connectivity index (χ3v) is 6.94. The van der Waals surface area contributed by atoms with E-state index in [1.54, 1.807) is 30.2 Å². The topological polar surface area (TPSA) is 85.4 Å². The number of ether oxygens (including phenoxy) is 2. The van der Waals surface area contributed by atoms with E-state index in [4.69, 9.17) is 13.7 Å². The van der Waals surface area contributed by atoms with Gasteiger partial charge < -0.3 is 23.5 Å². The van der Waals surface area contributed by atoms with Crippen LogP contribution in [0.1, 0.15) is 46.6 Å². The van der Waals surface area contributed by atoms with E-state index in [0.717, 1.165) is 18.8 Å². The normalized spacial score (nSPS) is 11.8. The summed E-state index contributed by atoms with van der Waals surface area (Å²) in [5.74, 6) is 0.710. The second kappa shape index (κ2) is 13.0. The van der Waals surface area contributed by atoms with E-state index in [1.165, 1.54) is 19.2 Å². The molecule has 200 valence electrons. The van der Waals surface area contributed by atoms with E-state index in [0.29, 0.717) is 30.9 Å². The Hall–Kier alpha value is -2.78. The number of carbonyl (C=O) groups is 1. The molecule has 2 aromatic rings. The monoisotopic (exact) mass is 520 g/mol. The van der Waals surface area contributed by atoms with Gasteiger partial charge in [0.25, 0.3) is 0 Å². The molecule has 0 atom stereocenters. The Bertz CT molecular complexity index is 1090. The van der Waals surface area contributed by atoms with Gasteiger partial charge in [0.15, 0.2) is 0 Å². The highest BCUT2D eigenvalue weighted by atomic mass is 32.2. The lowest BCUT2D eigenvalue weighted by Gasteiger charge is -2.28. The van der Waals surface area contributed by atoms with Crippen LogP contribution in [-0.2, 0) is 26.2 Å². The summed E-state index contributed by atoms with van der Waals surface area (Å²) in [6.45, 7) is 12.5. The molecule has 2 aromatic carbocycles. The fourth-order valence-electron chi connectivity index (χ4n) is 3.71. The summed E-state index contributed by atoms with van der Waals surface area (Å²) in [5, 5.41) is 0. The van der Waals surface area contributed by atoms with Crippen LogP contribution in [0, 0.1) is 5.41 Å². The van der Waals surface area contributed by atoms with Gasteiger partial charge in [0.2, 0.25) is 5.91 Å². The summed E-state index contributed by atoms with van der Waals surface area (Å²) in [6.07, 6.45) is 0.356. The number of amides is 1. The Kier molecular flexibility index (Phi) is 10.6. The Morgan fingerprint density at radius 1 is 0.972 bits per heavy atom. The van der Waals surface area contributed by atoms with Crippen LogP contribution in [0.25, 0.3) is 0 Å². The van der Waals surface area contributed by atoms with Crippen LogP contribution in [0.2, 0.25) is 0 Å². The third kappa shape index (κ3) is 8.41. The van der Waals surface area contributed by atoms with Crippen LogP contribution in [0.5, 0.6) is 11.5 Å². The maximum absolute atomic E-state index is 13.2. The lowest BCUT2D eigenvalue weighted by Crippen LogP contribution is -2.35. The molecule has 0 aliphatic heterocycles. The molecule has 0 bridgehead atoms. The van der Waals surface area contributed by atoms with Crippen molar-refractivity contribution in [1.82, 2.24) is 4.90 Å². The van der Waals surface area contributed by atoms with Gasteiger partial charge >= 0.3 is 10.1 Å². The first-order chi connectivity index (χ1) is 16.9. The van der Waals surface area contributed by atoms with Crippen molar-refractivity contribution in [1.29, 1.82) is 0 Å². The first-order valence-corrected chi connectivity index (χ1v) is 13.6. The molecule has 0 spiro atoms. The van der Waals surface area contributed by atoms with E-state index in [1.807, 2.05) is 46.8 Å². The summed E-state index contributed by atoms with van der Waals surface area (Å²) < 4.78 is 42.4. The van der Waals surface area contributed by atoms with E-state index < -0.39 is 10.1 Å². The second-order valence-corrected chi connectivity index (χ2v) is 11.3. The summed E-state index contributed by atoms with van der Waals surface area (Å²) in [5.41, 5.74) is 1.25. The van der Waals surface area contributed by atoms with E-state index >= 15 is 0 Å². The highest BCUT2D eigenvalue weighted by Crippen LogP contribution is 2.31. The van der Waals surface area contributed by atoms with Crippen molar-refractivity contribution in [3.8, 4) is 11.5 Å². The molecule has 36 heavy (non-hydrogen) atoms. The minimum atomic E-state index is -4.12. The maximum Gasteiger partial charge on any atom is 0.339 e. The molecule has 0 aliphatic carbocycles. The molecule has 0 saturated heterocycles. The second-order valence-electron chi connectivity index (χ2n) is 9.72. The molecule has 9 heteroatoms. The van der Waals surface area contributed by atoms with Crippen LogP contribution in [0.4, 0.5) is 5.69 Å². The number of hydrogen-bond acceptors (Lipinski definition) is 7. The van der Waals surface area contributed by atoms with E-state index in [9.17, 15) is 13.2 Å². The molecule has 8 nitrogen and oxygen atoms in total. The molecule has 0 N–H and O–H groups in total. The minimum Gasteiger partial charge on any atom is -0.497 e. The molecule has 0 aliphatic rings. The van der Waals surface area contributed by atoms with Gasteiger partial charge in [-0.3, -0.25) is 4.79 Å². The molecule has 0 unspecified atom stereocenters. The highest BCUT2D eigenvalue weighted by molar-refractivity contribution is 7.87. The molecule has 0 radical (unpaired) electrons. The van der Waals surface area contributed by atoms with Gasteiger partial charge in [-0.25, -0.2) is 0 Å². The summed E-state index contributed by atoms with van der Waals surface area (Å²) in [6, 6.07) is 11.5. The SMILES string of the molecule is CCN(CC)c1ccc(CN(CCOC)C(=O)CC(C)(C)C)c(OS(=O)(=O)c2ccc(OC)cc2)c1. The molecule has 0 aromatic heterocycles. The van der Waals surface area contributed by atoms with Gasteiger partial charge in [0.1, 0.15) is 16.4 Å². The van der Waals surface area contributed by atoms with Crippen molar-refractivity contribution in [2.24, 2.45) is 5.41 Å². The van der Waals surface area contributed by atoms with Crippen molar-refractivity contribution >= 4 is 21.7 Å². The number of carbonyl (C=O) groups excluding carboxylic acids is 1. The van der Waals surface area contributed by atoms with Crippen molar-refractivity contribution < 1.29 is 26.9 Å². The molecule has 2 rings (SSSR count). The van der Waals surface area contributed by atoms with Crippen LogP contribution in [-0.4, -0.2) is 59.7 Å². The summed E-state index contributed by atoms with van der Waals surface area (Å²) in [7, 11) is -1.02. The van der Waals surface area contributed by atoms with Crippen LogP contribution in [0.15, 0.2) is 47.4 Å². The third-order valence-electron chi connectivity index (χ3n) is 5.69. The zero-order valence-corrected chi connectivity index (χ0v) is 23.4. The molecule has 0 fully saturated rings. The fourth-order valence-corrected chi connectivity index (χ4v) is 4.67. The number of anilines is 1. The van der Waals surface area contributed by atoms with Gasteiger partial charge in [-0.2, -0.15) is 8.42 Å². The Morgan fingerprint density at radius 2 is 1.61 bits per heavy atom. The van der Waals surface area contributed by atoms with Crippen molar-refractivity contribution in [2.75, 3.05) is 45.4 Å². The number of rotatable bonds is 13. The molecule has 0 heterocycles. The number of hydrogen-bond donors (Lipinski definition) is 0. The molecule has 0 saturated carbocycles. The Labute approximate surface area is 216 Å². The zero-order chi connectivity index (χ0) is 26.9. The summed E-state index contributed by atoms with van der Waals surface area (Å²) in [4.78, 5) is 16.9. The molecular weight excluding hydrogens is 480 g/mol. The lowest BCUT2D eigenvalue weighted by atomic mass is 9.91.